The minimum Gasteiger partial charge on any atom is -0.478 e. The summed E-state index contributed by atoms with van der Waals surface area (Å²) in [5.74, 6) is -2.89. The van der Waals surface area contributed by atoms with E-state index in [2.05, 4.69) is 5.10 Å². The van der Waals surface area contributed by atoms with E-state index >= 15 is 4.39 Å². The van der Waals surface area contributed by atoms with Gasteiger partial charge in [0, 0.05) is 17.7 Å². The zero-order valence-corrected chi connectivity index (χ0v) is 22.8. The summed E-state index contributed by atoms with van der Waals surface area (Å²) >= 11 is 6.36. The Kier molecular flexibility index (Phi) is 6.79. The van der Waals surface area contributed by atoms with Crippen molar-refractivity contribution in [1.82, 2.24) is 14.7 Å². The molecule has 1 aromatic heterocycles. The lowest BCUT2D eigenvalue weighted by Crippen LogP contribution is -2.38. The van der Waals surface area contributed by atoms with Crippen LogP contribution in [0.3, 0.4) is 0 Å². The molecule has 0 atom stereocenters. The van der Waals surface area contributed by atoms with Gasteiger partial charge in [0.1, 0.15) is 5.82 Å². The Hall–Kier alpha value is -3.93. The average Bonchev–Trinajstić information content (AvgIpc) is 3.87. The van der Waals surface area contributed by atoms with Crippen LogP contribution in [0.15, 0.2) is 36.4 Å². The minimum atomic E-state index is -4.63. The van der Waals surface area contributed by atoms with Crippen LogP contribution in [0.4, 0.5) is 22.4 Å². The SMILES string of the molecule is O=C(O)c1ccc(-c2nn(C(=O)c3c(Cl)cccc3C3(C(F)(F)F)CC3)c3c2CCN(C(=O)OCC2CC2)C3)c(F)c1. The Morgan fingerprint density at radius 3 is 2.50 bits per heavy atom. The van der Waals surface area contributed by atoms with Crippen LogP contribution in [0.25, 0.3) is 11.3 Å². The standard InChI is InChI=1S/C29H24ClF4N3O5/c30-20-3-1-2-19(28(9-10-28)29(32,33)34)23(20)25(38)37-22-13-36(27(41)42-14-15-4-5-15)11-8-18(22)24(35-37)17-7-6-16(26(39)40)12-21(17)31/h1-3,6-7,12,15H,4-5,8-11,13-14H2,(H,39,40). The largest absolute Gasteiger partial charge is 0.478 e. The van der Waals surface area contributed by atoms with Gasteiger partial charge < -0.3 is 14.7 Å². The molecule has 220 valence electrons. The van der Waals surface area contributed by atoms with Crippen molar-refractivity contribution in [3.05, 3.63) is 75.2 Å². The van der Waals surface area contributed by atoms with Crippen molar-refractivity contribution in [2.24, 2.45) is 5.92 Å². The number of hydrogen-bond acceptors (Lipinski definition) is 5. The van der Waals surface area contributed by atoms with Gasteiger partial charge in [-0.3, -0.25) is 4.79 Å². The van der Waals surface area contributed by atoms with E-state index in [-0.39, 0.29) is 77.6 Å². The highest BCUT2D eigenvalue weighted by Gasteiger charge is 2.65. The highest BCUT2D eigenvalue weighted by molar-refractivity contribution is 6.34. The fourth-order valence-electron chi connectivity index (χ4n) is 5.44. The second-order valence-corrected chi connectivity index (χ2v) is 11.3. The zero-order chi connectivity index (χ0) is 30.0. The molecule has 2 heterocycles. The number of carboxylic acid groups (broad SMARTS) is 1. The van der Waals surface area contributed by atoms with E-state index < -0.39 is 35.4 Å². The van der Waals surface area contributed by atoms with Gasteiger partial charge in [0.2, 0.25) is 0 Å². The molecule has 0 unspecified atom stereocenters. The molecule has 1 amide bonds. The third kappa shape index (κ3) is 4.81. The lowest BCUT2D eigenvalue weighted by Gasteiger charge is -2.27. The van der Waals surface area contributed by atoms with Gasteiger partial charge >= 0.3 is 18.2 Å². The van der Waals surface area contributed by atoms with Crippen molar-refractivity contribution >= 4 is 29.6 Å². The molecule has 2 fully saturated rings. The maximum atomic E-state index is 15.2. The van der Waals surface area contributed by atoms with Crippen LogP contribution in [0, 0.1) is 11.7 Å². The van der Waals surface area contributed by atoms with Crippen LogP contribution in [-0.2, 0) is 23.1 Å². The number of carbonyl (C=O) groups excluding carboxylic acids is 2. The molecule has 2 aromatic carbocycles. The number of carbonyl (C=O) groups is 3. The highest BCUT2D eigenvalue weighted by atomic mass is 35.5. The average molecular weight is 606 g/mol. The van der Waals surface area contributed by atoms with Gasteiger partial charge in [-0.15, -0.1) is 0 Å². The number of hydrogen-bond donors (Lipinski definition) is 1. The monoisotopic (exact) mass is 605 g/mol. The summed E-state index contributed by atoms with van der Waals surface area (Å²) < 4.78 is 63.9. The van der Waals surface area contributed by atoms with Gasteiger partial charge in [-0.25, -0.2) is 14.0 Å². The molecule has 42 heavy (non-hydrogen) atoms. The van der Waals surface area contributed by atoms with E-state index in [1.165, 1.54) is 35.2 Å². The van der Waals surface area contributed by atoms with E-state index in [1.54, 1.807) is 0 Å². The number of aromatic carboxylic acids is 1. The Morgan fingerprint density at radius 2 is 1.88 bits per heavy atom. The van der Waals surface area contributed by atoms with Gasteiger partial charge in [-0.2, -0.15) is 23.0 Å². The van der Waals surface area contributed by atoms with Gasteiger partial charge in [0.25, 0.3) is 5.91 Å². The van der Waals surface area contributed by atoms with Crippen molar-refractivity contribution in [3.8, 4) is 11.3 Å². The van der Waals surface area contributed by atoms with Crippen molar-refractivity contribution < 1.29 is 41.8 Å². The summed E-state index contributed by atoms with van der Waals surface area (Å²) in [4.78, 5) is 39.6. The number of carboxylic acids is 1. The van der Waals surface area contributed by atoms with Gasteiger partial charge in [-0.05, 0) is 67.9 Å². The zero-order valence-electron chi connectivity index (χ0n) is 22.0. The molecular weight excluding hydrogens is 582 g/mol. The predicted molar refractivity (Wildman–Crippen MR) is 141 cm³/mol. The number of fused-ring (bicyclic) bond motifs is 1. The minimum absolute atomic E-state index is 0.0179. The van der Waals surface area contributed by atoms with Gasteiger partial charge in [0.15, 0.2) is 0 Å². The number of halogens is 5. The fraction of sp³-hybridized carbons (Fsp3) is 0.379. The molecule has 1 N–H and O–H groups in total. The normalized spacial score (nSPS) is 17.5. The Morgan fingerprint density at radius 1 is 1.14 bits per heavy atom. The molecule has 0 saturated heterocycles. The molecule has 13 heteroatoms. The molecule has 0 spiro atoms. The molecule has 6 rings (SSSR count). The molecule has 2 aliphatic carbocycles. The van der Waals surface area contributed by atoms with E-state index in [0.29, 0.717) is 11.5 Å². The van der Waals surface area contributed by atoms with Crippen LogP contribution in [0.5, 0.6) is 0 Å². The van der Waals surface area contributed by atoms with E-state index in [9.17, 15) is 32.7 Å². The first-order valence-electron chi connectivity index (χ1n) is 13.4. The van der Waals surface area contributed by atoms with Gasteiger partial charge in [0.05, 0.1) is 46.1 Å². The van der Waals surface area contributed by atoms with Crippen LogP contribution >= 0.6 is 11.6 Å². The van der Waals surface area contributed by atoms with Crippen LogP contribution in [-0.4, -0.2) is 57.1 Å². The van der Waals surface area contributed by atoms with E-state index in [0.717, 1.165) is 23.6 Å². The number of nitrogens with zero attached hydrogens (tertiary/aromatic N) is 3. The smallest absolute Gasteiger partial charge is 0.410 e. The number of ether oxygens (including phenoxy) is 1. The second kappa shape index (κ2) is 10.1. The summed E-state index contributed by atoms with van der Waals surface area (Å²) in [5, 5.41) is 13.4. The molecule has 0 radical (unpaired) electrons. The number of aromatic nitrogens is 2. The van der Waals surface area contributed by atoms with Crippen LogP contribution in [0.2, 0.25) is 5.02 Å². The Labute approximate surface area is 241 Å². The van der Waals surface area contributed by atoms with Crippen molar-refractivity contribution in [1.29, 1.82) is 0 Å². The number of rotatable bonds is 6. The maximum absolute atomic E-state index is 15.2. The first-order chi connectivity index (χ1) is 19.9. The third-order valence-electron chi connectivity index (χ3n) is 8.16. The van der Waals surface area contributed by atoms with E-state index in [4.69, 9.17) is 16.3 Å². The maximum Gasteiger partial charge on any atom is 0.410 e. The number of amides is 1. The summed E-state index contributed by atoms with van der Waals surface area (Å²) in [5.41, 5.74) is -2.67. The molecule has 2 saturated carbocycles. The fourth-order valence-corrected chi connectivity index (χ4v) is 5.69. The molecule has 0 bridgehead atoms. The lowest BCUT2D eigenvalue weighted by molar-refractivity contribution is -0.160. The summed E-state index contributed by atoms with van der Waals surface area (Å²) in [6.07, 6.45) is -3.58. The first kappa shape index (κ1) is 28.2. The molecule has 8 nitrogen and oxygen atoms in total. The predicted octanol–water partition coefficient (Wildman–Crippen LogP) is 6.23. The quantitative estimate of drug-likeness (QED) is 0.334. The number of alkyl halides is 3. The molecule has 1 aliphatic heterocycles. The first-order valence-corrected chi connectivity index (χ1v) is 13.7. The highest BCUT2D eigenvalue weighted by Crippen LogP contribution is 2.60. The van der Waals surface area contributed by atoms with Crippen molar-refractivity contribution in [3.63, 3.8) is 0 Å². The molecular formula is C29H24ClF4N3O5. The van der Waals surface area contributed by atoms with Crippen molar-refractivity contribution in [2.45, 2.75) is 50.2 Å². The molecule has 3 aliphatic rings. The molecule has 3 aromatic rings. The summed E-state index contributed by atoms with van der Waals surface area (Å²) in [7, 11) is 0. The summed E-state index contributed by atoms with van der Waals surface area (Å²) in [6.45, 7) is 0.249. The van der Waals surface area contributed by atoms with Crippen LogP contribution in [0.1, 0.15) is 63.2 Å². The van der Waals surface area contributed by atoms with E-state index in [1.807, 2.05) is 0 Å². The van der Waals surface area contributed by atoms with Crippen LogP contribution < -0.4 is 0 Å². The third-order valence-corrected chi connectivity index (χ3v) is 8.47. The topological polar surface area (TPSA) is 102 Å². The van der Waals surface area contributed by atoms with Crippen molar-refractivity contribution in [2.75, 3.05) is 13.2 Å². The second-order valence-electron chi connectivity index (χ2n) is 10.9. The Balaban J connectivity index is 1.46. The lowest BCUT2D eigenvalue weighted by atomic mass is 9.90. The Bertz CT molecular complexity index is 1630. The number of benzene rings is 2. The summed E-state index contributed by atoms with van der Waals surface area (Å²) in [6, 6.07) is 7.11. The van der Waals surface area contributed by atoms with Gasteiger partial charge in [-0.1, -0.05) is 23.7 Å².